The Balaban J connectivity index is 1.74. The number of nitrogens with zero attached hydrogens (tertiary/aromatic N) is 4. The quantitative estimate of drug-likeness (QED) is 0.681. The molecule has 1 aromatic heterocycles. The van der Waals surface area contributed by atoms with E-state index in [0.29, 0.717) is 37.3 Å². The van der Waals surface area contributed by atoms with E-state index in [1.165, 1.54) is 16.8 Å². The van der Waals surface area contributed by atoms with Crippen molar-refractivity contribution in [1.82, 2.24) is 14.7 Å². The highest BCUT2D eigenvalue weighted by Crippen LogP contribution is 2.16. The van der Waals surface area contributed by atoms with E-state index in [-0.39, 0.29) is 17.7 Å². The molecule has 2 heterocycles. The molecule has 0 spiro atoms. The lowest BCUT2D eigenvalue weighted by molar-refractivity contribution is -0.384. The van der Waals surface area contributed by atoms with Gasteiger partial charge in [0.05, 0.1) is 16.7 Å². The Hall–Kier alpha value is -2.74. The van der Waals surface area contributed by atoms with Crippen LogP contribution in [0, 0.1) is 10.1 Å². The minimum Gasteiger partial charge on any atom is -0.393 e. The second-order valence-corrected chi connectivity index (χ2v) is 5.44. The van der Waals surface area contributed by atoms with E-state index in [4.69, 9.17) is 0 Å². The summed E-state index contributed by atoms with van der Waals surface area (Å²) in [5.41, 5.74) is 0.965. The maximum atomic E-state index is 12.4. The van der Waals surface area contributed by atoms with Gasteiger partial charge in [-0.15, -0.1) is 0 Å². The summed E-state index contributed by atoms with van der Waals surface area (Å²) in [7, 11) is 0. The van der Waals surface area contributed by atoms with Crippen molar-refractivity contribution in [2.24, 2.45) is 0 Å². The summed E-state index contributed by atoms with van der Waals surface area (Å²) in [5, 5.41) is 24.4. The van der Waals surface area contributed by atoms with Crippen molar-refractivity contribution in [1.29, 1.82) is 0 Å². The first-order chi connectivity index (χ1) is 11.0. The zero-order valence-electron chi connectivity index (χ0n) is 12.3. The second-order valence-electron chi connectivity index (χ2n) is 5.44. The summed E-state index contributed by atoms with van der Waals surface area (Å²) < 4.78 is 1.51. The zero-order chi connectivity index (χ0) is 16.4. The van der Waals surface area contributed by atoms with Crippen LogP contribution < -0.4 is 0 Å². The fourth-order valence-electron chi connectivity index (χ4n) is 2.54. The predicted octanol–water partition coefficient (Wildman–Crippen LogP) is 1.38. The Morgan fingerprint density at radius 2 is 1.87 bits per heavy atom. The Bertz CT molecular complexity index is 717. The first kappa shape index (κ1) is 15.2. The van der Waals surface area contributed by atoms with Gasteiger partial charge in [-0.3, -0.25) is 14.9 Å². The van der Waals surface area contributed by atoms with Gasteiger partial charge in [0.1, 0.15) is 0 Å². The topological polar surface area (TPSA) is 102 Å². The summed E-state index contributed by atoms with van der Waals surface area (Å²) in [4.78, 5) is 24.2. The number of carbonyl (C=O) groups excluding carboxylic acids is 1. The van der Waals surface area contributed by atoms with Crippen molar-refractivity contribution in [3.05, 3.63) is 52.3 Å². The van der Waals surface area contributed by atoms with Crippen LogP contribution in [0.4, 0.5) is 5.69 Å². The van der Waals surface area contributed by atoms with Crippen LogP contribution in [0.1, 0.15) is 23.3 Å². The SMILES string of the molecule is O=C(c1ccn(-c2ccc([N+](=O)[O-])cc2)n1)N1CCC(O)CC1. The molecule has 1 aliphatic heterocycles. The number of aromatic nitrogens is 2. The third kappa shape index (κ3) is 3.21. The smallest absolute Gasteiger partial charge is 0.274 e. The van der Waals surface area contributed by atoms with E-state index < -0.39 is 4.92 Å². The minimum absolute atomic E-state index is 0.00378. The van der Waals surface area contributed by atoms with Gasteiger partial charge < -0.3 is 10.0 Å². The third-order valence-corrected chi connectivity index (χ3v) is 3.88. The van der Waals surface area contributed by atoms with E-state index in [0.717, 1.165) is 0 Å². The highest BCUT2D eigenvalue weighted by molar-refractivity contribution is 5.92. The Morgan fingerprint density at radius 3 is 2.48 bits per heavy atom. The van der Waals surface area contributed by atoms with E-state index >= 15 is 0 Å². The second kappa shape index (κ2) is 6.17. The van der Waals surface area contributed by atoms with Gasteiger partial charge in [-0.2, -0.15) is 5.10 Å². The first-order valence-electron chi connectivity index (χ1n) is 7.32. The van der Waals surface area contributed by atoms with E-state index in [1.807, 2.05) is 0 Å². The van der Waals surface area contributed by atoms with Crippen LogP contribution >= 0.6 is 0 Å². The molecule has 0 aliphatic carbocycles. The molecule has 1 aliphatic rings. The number of rotatable bonds is 3. The number of piperidine rings is 1. The first-order valence-corrected chi connectivity index (χ1v) is 7.32. The number of nitro groups is 1. The minimum atomic E-state index is -0.466. The van der Waals surface area contributed by atoms with Gasteiger partial charge in [0.2, 0.25) is 0 Å². The van der Waals surface area contributed by atoms with E-state index in [1.54, 1.807) is 29.3 Å². The molecule has 3 rings (SSSR count). The number of amides is 1. The summed E-state index contributed by atoms with van der Waals surface area (Å²) in [5.74, 6) is -0.169. The van der Waals surface area contributed by atoms with E-state index in [2.05, 4.69) is 5.10 Å². The van der Waals surface area contributed by atoms with Crippen LogP contribution in [0.5, 0.6) is 0 Å². The molecule has 0 bridgehead atoms. The Morgan fingerprint density at radius 1 is 1.22 bits per heavy atom. The maximum Gasteiger partial charge on any atom is 0.274 e. The number of nitro benzene ring substituents is 1. The van der Waals surface area contributed by atoms with E-state index in [9.17, 15) is 20.0 Å². The van der Waals surface area contributed by atoms with Crippen molar-refractivity contribution in [3.8, 4) is 5.69 Å². The molecule has 120 valence electrons. The zero-order valence-corrected chi connectivity index (χ0v) is 12.3. The molecule has 1 aromatic carbocycles. The molecule has 0 radical (unpaired) electrons. The molecule has 0 atom stereocenters. The Kier molecular flexibility index (Phi) is 4.07. The summed E-state index contributed by atoms with van der Waals surface area (Å²) >= 11 is 0. The lowest BCUT2D eigenvalue weighted by atomic mass is 10.1. The molecule has 1 saturated heterocycles. The van der Waals surface area contributed by atoms with Crippen molar-refractivity contribution in [3.63, 3.8) is 0 Å². The normalized spacial score (nSPS) is 15.6. The van der Waals surface area contributed by atoms with Crippen LogP contribution in [-0.2, 0) is 0 Å². The van der Waals surface area contributed by atoms with Gasteiger partial charge >= 0.3 is 0 Å². The number of hydrogen-bond donors (Lipinski definition) is 1. The van der Waals surface area contributed by atoms with Gasteiger partial charge in [-0.05, 0) is 31.0 Å². The molecule has 2 aromatic rings. The molecule has 0 unspecified atom stereocenters. The predicted molar refractivity (Wildman–Crippen MR) is 81.4 cm³/mol. The van der Waals surface area contributed by atoms with Crippen molar-refractivity contribution < 1.29 is 14.8 Å². The van der Waals surface area contributed by atoms with Crippen molar-refractivity contribution in [2.45, 2.75) is 18.9 Å². The lowest BCUT2D eigenvalue weighted by Crippen LogP contribution is -2.40. The highest BCUT2D eigenvalue weighted by Gasteiger charge is 2.23. The van der Waals surface area contributed by atoms with Crippen LogP contribution in [0.2, 0.25) is 0 Å². The van der Waals surface area contributed by atoms with Crippen molar-refractivity contribution in [2.75, 3.05) is 13.1 Å². The van der Waals surface area contributed by atoms with Crippen LogP contribution in [0.15, 0.2) is 36.5 Å². The van der Waals surface area contributed by atoms with Gasteiger partial charge in [-0.25, -0.2) is 4.68 Å². The molecule has 1 fully saturated rings. The number of non-ortho nitro benzene ring substituents is 1. The van der Waals surface area contributed by atoms with Gasteiger partial charge in [-0.1, -0.05) is 0 Å². The number of hydrogen-bond acceptors (Lipinski definition) is 5. The molecule has 1 N–H and O–H groups in total. The van der Waals surface area contributed by atoms with Gasteiger partial charge in [0, 0.05) is 31.4 Å². The lowest BCUT2D eigenvalue weighted by Gasteiger charge is -2.28. The maximum absolute atomic E-state index is 12.4. The van der Waals surface area contributed by atoms with Crippen LogP contribution in [-0.4, -0.2) is 49.8 Å². The van der Waals surface area contributed by atoms with Gasteiger partial charge in [0.25, 0.3) is 11.6 Å². The molecule has 8 heteroatoms. The number of aliphatic hydroxyl groups excluding tert-OH is 1. The largest absolute Gasteiger partial charge is 0.393 e. The van der Waals surface area contributed by atoms with Gasteiger partial charge in [0.15, 0.2) is 5.69 Å². The summed E-state index contributed by atoms with van der Waals surface area (Å²) in [6, 6.07) is 7.57. The summed E-state index contributed by atoms with van der Waals surface area (Å²) in [6.45, 7) is 1.04. The average Bonchev–Trinajstić information content (AvgIpc) is 3.05. The fourth-order valence-corrected chi connectivity index (χ4v) is 2.54. The monoisotopic (exact) mass is 316 g/mol. The van der Waals surface area contributed by atoms with Crippen LogP contribution in [0.3, 0.4) is 0 Å². The summed E-state index contributed by atoms with van der Waals surface area (Å²) in [6.07, 6.45) is 2.47. The molecular weight excluding hydrogens is 300 g/mol. The highest BCUT2D eigenvalue weighted by atomic mass is 16.6. The number of benzene rings is 1. The Labute approximate surface area is 132 Å². The van der Waals surface area contributed by atoms with Crippen LogP contribution in [0.25, 0.3) is 5.69 Å². The third-order valence-electron chi connectivity index (χ3n) is 3.88. The molecule has 1 amide bonds. The molecule has 0 saturated carbocycles. The molecule has 8 nitrogen and oxygen atoms in total. The number of carbonyl (C=O) groups is 1. The molecular formula is C15H16N4O4. The number of likely N-dealkylation sites (tertiary alicyclic amines) is 1. The number of aliphatic hydroxyl groups is 1. The standard InChI is InChI=1S/C15H16N4O4/c20-13-5-8-17(9-6-13)15(21)14-7-10-18(16-14)11-1-3-12(4-2-11)19(22)23/h1-4,7,10,13,20H,5-6,8-9H2. The average molecular weight is 316 g/mol. The van der Waals surface area contributed by atoms with Crippen molar-refractivity contribution >= 4 is 11.6 Å². The fraction of sp³-hybridized carbons (Fsp3) is 0.333. The molecule has 23 heavy (non-hydrogen) atoms.